The summed E-state index contributed by atoms with van der Waals surface area (Å²) < 4.78 is 1.51. The Kier molecular flexibility index (Phi) is 5.24. The smallest absolute Gasteiger partial charge is 0.286 e. The van der Waals surface area contributed by atoms with Crippen LogP contribution in [0.15, 0.2) is 75.9 Å². The molecule has 3 heterocycles. The lowest BCUT2D eigenvalue weighted by molar-refractivity contribution is 0.0963. The fraction of sp³-hybridized carbons (Fsp3) is 0.130. The Morgan fingerprint density at radius 2 is 1.88 bits per heavy atom. The number of benzene rings is 2. The van der Waals surface area contributed by atoms with Crippen molar-refractivity contribution in [3.63, 3.8) is 0 Å². The number of aliphatic imine (C=N–C) groups is 1. The summed E-state index contributed by atoms with van der Waals surface area (Å²) in [6.07, 6.45) is 3.77. The summed E-state index contributed by atoms with van der Waals surface area (Å²) in [6, 6.07) is 14.9. The van der Waals surface area contributed by atoms with Crippen molar-refractivity contribution in [3.05, 3.63) is 82.4 Å². The maximum Gasteiger partial charge on any atom is 0.286 e. The van der Waals surface area contributed by atoms with Gasteiger partial charge in [0.25, 0.3) is 11.5 Å². The summed E-state index contributed by atoms with van der Waals surface area (Å²) in [4.78, 5) is 42.9. The van der Waals surface area contributed by atoms with E-state index in [1.807, 2.05) is 18.2 Å². The topological polar surface area (TPSA) is 102 Å². The molecule has 9 heteroatoms. The van der Waals surface area contributed by atoms with Crippen molar-refractivity contribution >= 4 is 40.2 Å². The highest BCUT2D eigenvalue weighted by atomic mass is 32.2. The number of rotatable bonds is 5. The maximum atomic E-state index is 13.3. The molecule has 2 aromatic heterocycles. The third kappa shape index (κ3) is 3.67. The number of carbonyl (C=O) groups is 1. The predicted molar refractivity (Wildman–Crippen MR) is 124 cm³/mol. The molecule has 4 aromatic rings. The van der Waals surface area contributed by atoms with E-state index in [1.165, 1.54) is 34.3 Å². The van der Waals surface area contributed by atoms with E-state index < -0.39 is 0 Å². The van der Waals surface area contributed by atoms with Gasteiger partial charge in [-0.1, -0.05) is 30.0 Å². The lowest BCUT2D eigenvalue weighted by Gasteiger charge is -2.13. The maximum absolute atomic E-state index is 13.3. The number of carbonyl (C=O) groups excluding carboxylic acids is 1. The molecule has 0 saturated carbocycles. The first-order chi connectivity index (χ1) is 15.6. The Balaban J connectivity index is 1.53. The number of hydrogen-bond donors (Lipinski definition) is 1. The average Bonchev–Trinajstić information content (AvgIpc) is 3.26. The third-order valence-corrected chi connectivity index (χ3v) is 6.13. The average molecular weight is 443 g/mol. The van der Waals surface area contributed by atoms with Crippen molar-refractivity contribution in [1.29, 1.82) is 0 Å². The third-order valence-electron chi connectivity index (χ3n) is 5.12. The molecule has 1 N–H and O–H groups in total. The Labute approximate surface area is 187 Å². The van der Waals surface area contributed by atoms with Crippen molar-refractivity contribution < 1.29 is 4.79 Å². The van der Waals surface area contributed by atoms with Crippen molar-refractivity contribution in [1.82, 2.24) is 24.8 Å². The lowest BCUT2D eigenvalue weighted by atomic mass is 10.1. The van der Waals surface area contributed by atoms with Gasteiger partial charge < -0.3 is 5.32 Å². The first-order valence-electron chi connectivity index (χ1n) is 9.97. The van der Waals surface area contributed by atoms with E-state index in [-0.39, 0.29) is 17.0 Å². The monoisotopic (exact) mass is 442 g/mol. The summed E-state index contributed by atoms with van der Waals surface area (Å²) in [5.74, 6) is 0.392. The SMILES string of the molecule is CNC(=O)c1ccc(-n2c(SCC3=Nc4ccccc4C3)nc3nccnc3c2=O)cc1. The van der Waals surface area contributed by atoms with Gasteiger partial charge in [-0.05, 0) is 35.9 Å². The molecule has 1 amide bonds. The summed E-state index contributed by atoms with van der Waals surface area (Å²) in [5.41, 5.74) is 4.49. The fourth-order valence-corrected chi connectivity index (χ4v) is 4.49. The van der Waals surface area contributed by atoms with E-state index in [4.69, 9.17) is 4.99 Å². The highest BCUT2D eigenvalue weighted by molar-refractivity contribution is 7.99. The van der Waals surface area contributed by atoms with Crippen LogP contribution in [0.1, 0.15) is 15.9 Å². The molecule has 0 unspecified atom stereocenters. The lowest BCUT2D eigenvalue weighted by Crippen LogP contribution is -2.24. The largest absolute Gasteiger partial charge is 0.355 e. The van der Waals surface area contributed by atoms with Crippen LogP contribution in [0.25, 0.3) is 16.9 Å². The highest BCUT2D eigenvalue weighted by Gasteiger charge is 2.18. The van der Waals surface area contributed by atoms with E-state index in [1.54, 1.807) is 31.3 Å². The second-order valence-electron chi connectivity index (χ2n) is 7.16. The molecule has 0 saturated heterocycles. The van der Waals surface area contributed by atoms with E-state index in [0.29, 0.717) is 27.8 Å². The van der Waals surface area contributed by atoms with Gasteiger partial charge in [0.05, 0.1) is 11.4 Å². The number of hydrogen-bond acceptors (Lipinski definition) is 7. The van der Waals surface area contributed by atoms with E-state index in [2.05, 4.69) is 26.3 Å². The van der Waals surface area contributed by atoms with Crippen LogP contribution < -0.4 is 10.9 Å². The summed E-state index contributed by atoms with van der Waals surface area (Å²) >= 11 is 1.43. The molecule has 0 aliphatic carbocycles. The van der Waals surface area contributed by atoms with Gasteiger partial charge in [-0.3, -0.25) is 19.1 Å². The van der Waals surface area contributed by atoms with E-state index in [0.717, 1.165) is 17.8 Å². The van der Waals surface area contributed by atoms with Gasteiger partial charge >= 0.3 is 0 Å². The quantitative estimate of drug-likeness (QED) is 0.377. The molecular formula is C23H18N6O2S. The Bertz CT molecular complexity index is 1430. The van der Waals surface area contributed by atoms with Gasteiger partial charge in [-0.25, -0.2) is 15.0 Å². The minimum atomic E-state index is -0.310. The van der Waals surface area contributed by atoms with Crippen LogP contribution in [-0.2, 0) is 6.42 Å². The molecule has 32 heavy (non-hydrogen) atoms. The van der Waals surface area contributed by atoms with E-state index in [9.17, 15) is 9.59 Å². The Hall–Kier alpha value is -3.85. The number of para-hydroxylation sites is 1. The van der Waals surface area contributed by atoms with Crippen LogP contribution >= 0.6 is 11.8 Å². The van der Waals surface area contributed by atoms with Crippen LogP contribution in [0, 0.1) is 0 Å². The zero-order valence-electron chi connectivity index (χ0n) is 17.1. The molecule has 0 fully saturated rings. The normalized spacial score (nSPS) is 12.5. The number of amides is 1. The molecule has 0 spiro atoms. The molecule has 0 radical (unpaired) electrons. The molecule has 1 aliphatic heterocycles. The predicted octanol–water partition coefficient (Wildman–Crippen LogP) is 2.96. The number of thioether (sulfide) groups is 1. The van der Waals surface area contributed by atoms with Crippen molar-refractivity contribution in [2.24, 2.45) is 4.99 Å². The molecule has 8 nitrogen and oxygen atoms in total. The molecule has 2 aromatic carbocycles. The molecule has 0 bridgehead atoms. The van der Waals surface area contributed by atoms with Crippen LogP contribution in [0.4, 0.5) is 5.69 Å². The molecular weight excluding hydrogens is 424 g/mol. The second-order valence-corrected chi connectivity index (χ2v) is 8.10. The molecule has 158 valence electrons. The van der Waals surface area contributed by atoms with E-state index >= 15 is 0 Å². The molecule has 0 atom stereocenters. The zero-order valence-corrected chi connectivity index (χ0v) is 18.0. The van der Waals surface area contributed by atoms with Gasteiger partial charge in [0.15, 0.2) is 16.3 Å². The van der Waals surface area contributed by atoms with Crippen LogP contribution in [0.3, 0.4) is 0 Å². The van der Waals surface area contributed by atoms with Crippen LogP contribution in [-0.4, -0.2) is 43.9 Å². The summed E-state index contributed by atoms with van der Waals surface area (Å²) in [5, 5.41) is 3.09. The first kappa shape index (κ1) is 20.1. The summed E-state index contributed by atoms with van der Waals surface area (Å²) in [6.45, 7) is 0. The van der Waals surface area contributed by atoms with Gasteiger partial charge in [-0.15, -0.1) is 0 Å². The fourth-order valence-electron chi connectivity index (χ4n) is 3.56. The van der Waals surface area contributed by atoms with Crippen LogP contribution in [0.5, 0.6) is 0 Å². The highest BCUT2D eigenvalue weighted by Crippen LogP contribution is 2.29. The number of aromatic nitrogens is 4. The molecule has 5 rings (SSSR count). The minimum absolute atomic E-state index is 0.192. The number of nitrogens with one attached hydrogen (secondary N) is 1. The van der Waals surface area contributed by atoms with Gasteiger partial charge in [-0.2, -0.15) is 0 Å². The first-order valence-corrected chi connectivity index (χ1v) is 11.0. The standard InChI is InChI=1S/C23H18N6O2S/c1-24-21(30)14-6-8-17(9-7-14)29-22(31)19-20(26-11-10-25-19)28-23(29)32-13-16-12-15-4-2-3-5-18(15)27-16/h2-11H,12-13H2,1H3,(H,24,30). The number of nitrogens with zero attached hydrogens (tertiary/aromatic N) is 5. The van der Waals surface area contributed by atoms with Crippen LogP contribution in [0.2, 0.25) is 0 Å². The van der Waals surface area contributed by atoms with Gasteiger partial charge in [0.2, 0.25) is 0 Å². The molecule has 1 aliphatic rings. The van der Waals surface area contributed by atoms with Crippen molar-refractivity contribution in [3.8, 4) is 5.69 Å². The minimum Gasteiger partial charge on any atom is -0.355 e. The van der Waals surface area contributed by atoms with Crippen molar-refractivity contribution in [2.45, 2.75) is 11.6 Å². The Morgan fingerprint density at radius 3 is 2.66 bits per heavy atom. The van der Waals surface area contributed by atoms with Crippen molar-refractivity contribution in [2.75, 3.05) is 12.8 Å². The van der Waals surface area contributed by atoms with Gasteiger partial charge in [0, 0.05) is 42.9 Å². The summed E-state index contributed by atoms with van der Waals surface area (Å²) in [7, 11) is 1.57. The Morgan fingerprint density at radius 1 is 1.09 bits per heavy atom. The second kappa shape index (κ2) is 8.35. The van der Waals surface area contributed by atoms with Gasteiger partial charge in [0.1, 0.15) is 0 Å². The number of fused-ring (bicyclic) bond motifs is 2. The zero-order chi connectivity index (χ0) is 22.1.